The molecule has 1 unspecified atom stereocenters. The first-order valence-corrected chi connectivity index (χ1v) is 13.1. The van der Waals surface area contributed by atoms with Crippen LogP contribution in [-0.2, 0) is 14.3 Å². The number of rotatable bonds is 11. The van der Waals surface area contributed by atoms with E-state index in [-0.39, 0.29) is 5.57 Å². The summed E-state index contributed by atoms with van der Waals surface area (Å²) in [6, 6.07) is 11.0. The monoisotopic (exact) mass is 524 g/mol. The van der Waals surface area contributed by atoms with Crippen molar-refractivity contribution in [3.05, 3.63) is 59.2 Å². The highest BCUT2D eigenvalue weighted by molar-refractivity contribution is 6.46. The van der Waals surface area contributed by atoms with Crippen LogP contribution in [0.25, 0.3) is 5.76 Å². The number of hydrogen-bond acceptors (Lipinski definition) is 7. The number of carbonyl (C=O) groups is 2. The molecular weight excluding hydrogens is 488 g/mol. The minimum Gasteiger partial charge on any atom is -0.872 e. The molecule has 1 amide bonds. The van der Waals surface area contributed by atoms with Gasteiger partial charge in [-0.3, -0.25) is 9.59 Å². The smallest absolute Gasteiger partial charge is 0.295 e. The molecule has 2 aliphatic heterocycles. The van der Waals surface area contributed by atoms with Gasteiger partial charge in [-0.2, -0.15) is 0 Å². The van der Waals surface area contributed by atoms with Crippen molar-refractivity contribution < 1.29 is 38.5 Å². The van der Waals surface area contributed by atoms with E-state index in [1.54, 1.807) is 56.7 Å². The van der Waals surface area contributed by atoms with E-state index < -0.39 is 23.5 Å². The molecule has 204 valence electrons. The number of hydrogen-bond donors (Lipinski definition) is 1. The molecule has 0 bridgehead atoms. The molecule has 4 rings (SSSR count). The van der Waals surface area contributed by atoms with Gasteiger partial charge in [0.25, 0.3) is 5.91 Å². The predicted molar refractivity (Wildman–Crippen MR) is 139 cm³/mol. The van der Waals surface area contributed by atoms with E-state index in [4.69, 9.17) is 18.9 Å². The minimum atomic E-state index is -0.821. The van der Waals surface area contributed by atoms with Gasteiger partial charge in [-0.05, 0) is 41.8 Å². The second kappa shape index (κ2) is 12.8. The van der Waals surface area contributed by atoms with Crippen LogP contribution in [0.15, 0.2) is 48.0 Å². The largest absolute Gasteiger partial charge is 0.872 e. The number of carbonyl (C=O) groups excluding carboxylic acids is 2. The van der Waals surface area contributed by atoms with Gasteiger partial charge in [-0.25, -0.2) is 0 Å². The van der Waals surface area contributed by atoms with E-state index in [2.05, 4.69) is 0 Å². The summed E-state index contributed by atoms with van der Waals surface area (Å²) in [5, 5.41) is 13.7. The topological polar surface area (TPSA) is 102 Å². The third kappa shape index (κ3) is 5.95. The Hall–Kier alpha value is -3.56. The number of ketones is 1. The van der Waals surface area contributed by atoms with Crippen molar-refractivity contribution in [2.45, 2.75) is 25.8 Å². The lowest BCUT2D eigenvalue weighted by molar-refractivity contribution is -0.908. The number of Topliss-reactive ketones (excluding diaryl/α,β-unsaturated/α-hetero) is 1. The number of amides is 1. The first-order chi connectivity index (χ1) is 18.5. The maximum Gasteiger partial charge on any atom is 0.295 e. The maximum atomic E-state index is 13.7. The standard InChI is InChI=1S/C29H36N2O7/c1-4-16-38-23-11-8-21(19-24(23)36-3)26-25(27(32)20-6-9-22(35-2)10-7-20)28(33)29(34)31(26)13-5-12-30-14-17-37-18-15-30/h6-11,19,26,32H,4-5,12-18H2,1-3H3/b27-25+. The molecule has 0 aliphatic carbocycles. The van der Waals surface area contributed by atoms with Gasteiger partial charge in [-0.15, -0.1) is 0 Å². The van der Waals surface area contributed by atoms with E-state index in [1.165, 1.54) is 9.80 Å². The highest BCUT2D eigenvalue weighted by Crippen LogP contribution is 2.41. The molecular formula is C29H36N2O7. The molecule has 2 fully saturated rings. The first kappa shape index (κ1) is 27.5. The van der Waals surface area contributed by atoms with Crippen LogP contribution in [0.2, 0.25) is 0 Å². The number of likely N-dealkylation sites (tertiary alicyclic amines) is 1. The quantitative estimate of drug-likeness (QED) is 0.266. The lowest BCUT2D eigenvalue weighted by atomic mass is 9.95. The Morgan fingerprint density at radius 1 is 1.05 bits per heavy atom. The summed E-state index contributed by atoms with van der Waals surface area (Å²) in [4.78, 5) is 29.5. The molecule has 2 aromatic carbocycles. The van der Waals surface area contributed by atoms with Gasteiger partial charge < -0.3 is 33.9 Å². The third-order valence-electron chi connectivity index (χ3n) is 6.98. The predicted octanol–water partition coefficient (Wildman–Crippen LogP) is 1.02. The fraction of sp³-hybridized carbons (Fsp3) is 0.448. The van der Waals surface area contributed by atoms with Crippen LogP contribution in [-0.4, -0.2) is 76.8 Å². The van der Waals surface area contributed by atoms with E-state index >= 15 is 0 Å². The fourth-order valence-corrected chi connectivity index (χ4v) is 4.94. The van der Waals surface area contributed by atoms with Gasteiger partial charge in [0.05, 0.1) is 46.6 Å². The molecule has 1 atom stereocenters. The van der Waals surface area contributed by atoms with Crippen molar-refractivity contribution in [2.75, 3.05) is 60.2 Å². The van der Waals surface area contributed by atoms with Crippen LogP contribution in [0.4, 0.5) is 0 Å². The number of ether oxygens (including phenoxy) is 4. The van der Waals surface area contributed by atoms with Crippen LogP contribution in [0.1, 0.15) is 36.9 Å². The van der Waals surface area contributed by atoms with Crippen LogP contribution >= 0.6 is 0 Å². The molecule has 9 heteroatoms. The van der Waals surface area contributed by atoms with E-state index in [9.17, 15) is 14.7 Å². The SMILES string of the molecule is CCCOc1ccc(C2/C(=C(\[O-])c3ccc(OC)cc3)C(=O)C(=O)N2CCC[NH+]2CCOCC2)cc1OC. The number of quaternary nitrogens is 1. The van der Waals surface area contributed by atoms with Gasteiger partial charge >= 0.3 is 0 Å². The van der Waals surface area contributed by atoms with Gasteiger partial charge in [0.2, 0.25) is 5.78 Å². The number of nitrogens with one attached hydrogen (secondary N) is 1. The lowest BCUT2D eigenvalue weighted by Gasteiger charge is -2.29. The Labute approximate surface area is 223 Å². The summed E-state index contributed by atoms with van der Waals surface area (Å²) < 4.78 is 22.0. The van der Waals surface area contributed by atoms with Crippen LogP contribution in [0, 0.1) is 0 Å². The molecule has 2 saturated heterocycles. The van der Waals surface area contributed by atoms with E-state index in [1.807, 2.05) is 6.92 Å². The average molecular weight is 525 g/mol. The van der Waals surface area contributed by atoms with Crippen LogP contribution in [0.5, 0.6) is 17.2 Å². The fourth-order valence-electron chi connectivity index (χ4n) is 4.94. The maximum absolute atomic E-state index is 13.7. The zero-order valence-electron chi connectivity index (χ0n) is 22.3. The summed E-state index contributed by atoms with van der Waals surface area (Å²) in [6.07, 6.45) is 1.54. The van der Waals surface area contributed by atoms with E-state index in [0.29, 0.717) is 47.9 Å². The molecule has 0 aromatic heterocycles. The van der Waals surface area contributed by atoms with Crippen LogP contribution in [0.3, 0.4) is 0 Å². The Bertz CT molecular complexity index is 1160. The molecule has 2 aromatic rings. The van der Waals surface area contributed by atoms with Gasteiger partial charge in [0.15, 0.2) is 11.5 Å². The summed E-state index contributed by atoms with van der Waals surface area (Å²) in [5.41, 5.74) is 0.894. The first-order valence-electron chi connectivity index (χ1n) is 13.1. The third-order valence-corrected chi connectivity index (χ3v) is 6.98. The molecule has 1 N–H and O–H groups in total. The molecule has 2 aliphatic rings. The van der Waals surface area contributed by atoms with Crippen molar-refractivity contribution in [2.24, 2.45) is 0 Å². The highest BCUT2D eigenvalue weighted by atomic mass is 16.5. The Morgan fingerprint density at radius 2 is 1.79 bits per heavy atom. The molecule has 9 nitrogen and oxygen atoms in total. The number of morpholine rings is 1. The van der Waals surface area contributed by atoms with Crippen LogP contribution < -0.4 is 24.2 Å². The Morgan fingerprint density at radius 3 is 2.45 bits per heavy atom. The zero-order chi connectivity index (χ0) is 27.1. The molecule has 0 saturated carbocycles. The van der Waals surface area contributed by atoms with Crippen molar-refractivity contribution in [1.82, 2.24) is 4.90 Å². The normalized spacial score (nSPS) is 19.6. The van der Waals surface area contributed by atoms with Crippen molar-refractivity contribution in [3.8, 4) is 17.2 Å². The van der Waals surface area contributed by atoms with Gasteiger partial charge in [-0.1, -0.05) is 30.9 Å². The lowest BCUT2D eigenvalue weighted by Crippen LogP contribution is -3.14. The number of benzene rings is 2. The Balaban J connectivity index is 1.71. The molecule has 0 radical (unpaired) electrons. The number of methoxy groups -OCH3 is 2. The second-order valence-electron chi connectivity index (χ2n) is 9.43. The minimum absolute atomic E-state index is 0.0526. The van der Waals surface area contributed by atoms with Crippen molar-refractivity contribution >= 4 is 17.4 Å². The molecule has 2 heterocycles. The van der Waals surface area contributed by atoms with Crippen molar-refractivity contribution in [1.29, 1.82) is 0 Å². The summed E-state index contributed by atoms with van der Waals surface area (Å²) in [5.74, 6) is -0.246. The molecule has 0 spiro atoms. The zero-order valence-corrected chi connectivity index (χ0v) is 22.3. The summed E-state index contributed by atoms with van der Waals surface area (Å²) >= 11 is 0. The number of nitrogens with zero attached hydrogens (tertiary/aromatic N) is 1. The van der Waals surface area contributed by atoms with Gasteiger partial charge in [0, 0.05) is 18.5 Å². The highest BCUT2D eigenvalue weighted by Gasteiger charge is 2.44. The Kier molecular flexibility index (Phi) is 9.25. The van der Waals surface area contributed by atoms with E-state index in [0.717, 1.165) is 39.3 Å². The summed E-state index contributed by atoms with van der Waals surface area (Å²) in [7, 11) is 3.08. The van der Waals surface area contributed by atoms with Gasteiger partial charge in [0.1, 0.15) is 18.8 Å². The van der Waals surface area contributed by atoms with Crippen molar-refractivity contribution in [3.63, 3.8) is 0 Å². The molecule has 38 heavy (non-hydrogen) atoms. The second-order valence-corrected chi connectivity index (χ2v) is 9.43. The average Bonchev–Trinajstić information content (AvgIpc) is 3.21. The summed E-state index contributed by atoms with van der Waals surface area (Å²) in [6.45, 7) is 7.02.